The molecular weight excluding hydrogens is 270 g/mol. The molecule has 0 aliphatic rings. The molecule has 3 nitrogen and oxygen atoms in total. The highest BCUT2D eigenvalue weighted by Gasteiger charge is 2.30. The van der Waals surface area contributed by atoms with E-state index in [0.29, 0.717) is 0 Å². The molecular formula is C10H11F4N3S. The molecule has 8 heteroatoms. The molecule has 0 aliphatic heterocycles. The molecule has 0 spiro atoms. The van der Waals surface area contributed by atoms with Crippen LogP contribution in [0.25, 0.3) is 0 Å². The molecule has 3 N–H and O–H groups in total. The second kappa shape index (κ2) is 5.47. The summed E-state index contributed by atoms with van der Waals surface area (Å²) in [4.78, 5) is 1.03. The Morgan fingerprint density at radius 3 is 2.56 bits per heavy atom. The first-order valence-corrected chi connectivity index (χ1v) is 5.60. The van der Waals surface area contributed by atoms with Crippen LogP contribution in [0.3, 0.4) is 0 Å². The van der Waals surface area contributed by atoms with E-state index in [1.807, 2.05) is 0 Å². The Morgan fingerprint density at radius 1 is 1.44 bits per heavy atom. The van der Waals surface area contributed by atoms with Gasteiger partial charge in [0.25, 0.3) is 0 Å². The van der Waals surface area contributed by atoms with Crippen LogP contribution in [0, 0.1) is 11.2 Å². The molecule has 0 unspecified atom stereocenters. The summed E-state index contributed by atoms with van der Waals surface area (Å²) in [6.07, 6.45) is 0. The highest BCUT2D eigenvalue weighted by atomic mass is 32.2. The standard InChI is InChI=1S/C10H11F4N3S/c1-17(9(15)16)5-6-2-3-7(11)4-8(6)18-10(12,13)14/h2-4H,5H2,1H3,(H3,15,16). The lowest BCUT2D eigenvalue weighted by atomic mass is 10.2. The van der Waals surface area contributed by atoms with Crippen LogP contribution in [-0.4, -0.2) is 23.4 Å². The number of rotatable bonds is 3. The van der Waals surface area contributed by atoms with Gasteiger partial charge < -0.3 is 10.6 Å². The summed E-state index contributed by atoms with van der Waals surface area (Å²) in [6, 6.07) is 3.15. The molecule has 0 radical (unpaired) electrons. The zero-order valence-corrected chi connectivity index (χ0v) is 10.2. The van der Waals surface area contributed by atoms with E-state index in [0.717, 1.165) is 12.1 Å². The van der Waals surface area contributed by atoms with E-state index in [-0.39, 0.29) is 34.7 Å². The predicted molar refractivity (Wildman–Crippen MR) is 61.7 cm³/mol. The number of benzene rings is 1. The maximum absolute atomic E-state index is 13.0. The number of hydrogen-bond donors (Lipinski definition) is 2. The van der Waals surface area contributed by atoms with E-state index in [1.54, 1.807) is 0 Å². The second-order valence-electron chi connectivity index (χ2n) is 3.54. The van der Waals surface area contributed by atoms with Gasteiger partial charge >= 0.3 is 5.51 Å². The topological polar surface area (TPSA) is 53.1 Å². The number of nitrogens with two attached hydrogens (primary N) is 1. The average molecular weight is 281 g/mol. The minimum atomic E-state index is -4.49. The van der Waals surface area contributed by atoms with Gasteiger partial charge in [0.2, 0.25) is 0 Å². The van der Waals surface area contributed by atoms with Crippen LogP contribution in [0.5, 0.6) is 0 Å². The van der Waals surface area contributed by atoms with E-state index in [9.17, 15) is 17.6 Å². The van der Waals surface area contributed by atoms with Crippen LogP contribution in [0.4, 0.5) is 17.6 Å². The van der Waals surface area contributed by atoms with E-state index in [2.05, 4.69) is 0 Å². The molecule has 0 aromatic heterocycles. The third kappa shape index (κ3) is 4.44. The number of guanidine groups is 1. The van der Waals surface area contributed by atoms with Crippen LogP contribution in [0.1, 0.15) is 5.56 Å². The lowest BCUT2D eigenvalue weighted by molar-refractivity contribution is -0.0328. The fourth-order valence-corrected chi connectivity index (χ4v) is 1.90. The third-order valence-electron chi connectivity index (χ3n) is 2.07. The van der Waals surface area contributed by atoms with E-state index in [4.69, 9.17) is 11.1 Å². The number of nitrogens with one attached hydrogen (secondary N) is 1. The number of nitrogens with zero attached hydrogens (tertiary/aromatic N) is 1. The third-order valence-corrected chi connectivity index (χ3v) is 2.91. The van der Waals surface area contributed by atoms with Crippen LogP contribution in [-0.2, 0) is 6.54 Å². The van der Waals surface area contributed by atoms with Gasteiger partial charge in [-0.1, -0.05) is 6.07 Å². The molecule has 1 rings (SSSR count). The SMILES string of the molecule is CN(Cc1ccc(F)cc1SC(F)(F)F)C(=N)N. The zero-order chi connectivity index (χ0) is 13.9. The van der Waals surface area contributed by atoms with Crippen LogP contribution in [0.15, 0.2) is 23.1 Å². The average Bonchev–Trinajstić information content (AvgIpc) is 2.19. The van der Waals surface area contributed by atoms with E-state index < -0.39 is 11.3 Å². The van der Waals surface area contributed by atoms with E-state index >= 15 is 0 Å². The summed E-state index contributed by atoms with van der Waals surface area (Å²) in [6.45, 7) is 0.00796. The van der Waals surface area contributed by atoms with Gasteiger partial charge in [-0.2, -0.15) is 13.2 Å². The number of hydrogen-bond acceptors (Lipinski definition) is 2. The van der Waals surface area contributed by atoms with Gasteiger partial charge in [0, 0.05) is 18.5 Å². The second-order valence-corrected chi connectivity index (χ2v) is 4.65. The lowest BCUT2D eigenvalue weighted by Gasteiger charge is -2.19. The first-order chi connectivity index (χ1) is 8.19. The number of halogens is 4. The Bertz CT molecular complexity index is 447. The Morgan fingerprint density at radius 2 is 2.06 bits per heavy atom. The van der Waals surface area contributed by atoms with Crippen molar-refractivity contribution >= 4 is 17.7 Å². The van der Waals surface area contributed by atoms with Crippen molar-refractivity contribution in [3.05, 3.63) is 29.6 Å². The fraction of sp³-hybridized carbons (Fsp3) is 0.300. The summed E-state index contributed by atoms with van der Waals surface area (Å²) in [7, 11) is 1.47. The molecule has 0 atom stereocenters. The minimum absolute atomic E-state index is 0.00796. The summed E-state index contributed by atoms with van der Waals surface area (Å²) < 4.78 is 49.9. The highest BCUT2D eigenvalue weighted by molar-refractivity contribution is 8.00. The maximum atomic E-state index is 13.0. The zero-order valence-electron chi connectivity index (χ0n) is 9.38. The van der Waals surface area contributed by atoms with Crippen LogP contribution >= 0.6 is 11.8 Å². The van der Waals surface area contributed by atoms with Gasteiger partial charge in [-0.05, 0) is 29.5 Å². The molecule has 0 bridgehead atoms. The molecule has 18 heavy (non-hydrogen) atoms. The maximum Gasteiger partial charge on any atom is 0.446 e. The van der Waals surface area contributed by atoms with Gasteiger partial charge in [0.1, 0.15) is 5.82 Å². The molecule has 100 valence electrons. The van der Waals surface area contributed by atoms with Crippen molar-refractivity contribution in [2.45, 2.75) is 16.9 Å². The minimum Gasteiger partial charge on any atom is -0.370 e. The van der Waals surface area contributed by atoms with Crippen LogP contribution in [0.2, 0.25) is 0 Å². The van der Waals surface area contributed by atoms with Gasteiger partial charge in [-0.25, -0.2) is 4.39 Å². The summed E-state index contributed by atoms with van der Waals surface area (Å²) in [5.74, 6) is -1.02. The van der Waals surface area contributed by atoms with Crippen molar-refractivity contribution in [2.75, 3.05) is 7.05 Å². The Labute approximate surface area is 105 Å². The van der Waals surface area contributed by atoms with Gasteiger partial charge in [0.15, 0.2) is 5.96 Å². The van der Waals surface area contributed by atoms with Crippen molar-refractivity contribution in [1.29, 1.82) is 5.41 Å². The molecule has 0 saturated carbocycles. The Hall–Kier alpha value is -1.44. The summed E-state index contributed by atoms with van der Waals surface area (Å²) in [5.41, 5.74) is 0.969. The number of thioether (sulfide) groups is 1. The monoisotopic (exact) mass is 281 g/mol. The van der Waals surface area contributed by atoms with Crippen molar-refractivity contribution in [3.8, 4) is 0 Å². The van der Waals surface area contributed by atoms with Crippen molar-refractivity contribution in [3.63, 3.8) is 0 Å². The van der Waals surface area contributed by atoms with Crippen molar-refractivity contribution in [1.82, 2.24) is 4.90 Å². The smallest absolute Gasteiger partial charge is 0.370 e. The quantitative estimate of drug-likeness (QED) is 0.388. The van der Waals surface area contributed by atoms with E-state index in [1.165, 1.54) is 18.0 Å². The predicted octanol–water partition coefficient (Wildman–Crippen LogP) is 2.76. The molecule has 0 heterocycles. The van der Waals surface area contributed by atoms with Crippen molar-refractivity contribution in [2.24, 2.45) is 5.73 Å². The fourth-order valence-electron chi connectivity index (χ4n) is 1.22. The van der Waals surface area contributed by atoms with Crippen molar-refractivity contribution < 1.29 is 17.6 Å². The van der Waals surface area contributed by atoms with Gasteiger partial charge in [-0.15, -0.1) is 0 Å². The molecule has 0 fully saturated rings. The summed E-state index contributed by atoms with van der Waals surface area (Å²) >= 11 is -0.383. The Kier molecular flexibility index (Phi) is 4.44. The lowest BCUT2D eigenvalue weighted by Crippen LogP contribution is -2.32. The highest BCUT2D eigenvalue weighted by Crippen LogP contribution is 2.39. The largest absolute Gasteiger partial charge is 0.446 e. The molecule has 0 aliphatic carbocycles. The number of alkyl halides is 3. The molecule has 1 aromatic rings. The molecule has 1 aromatic carbocycles. The molecule has 0 amide bonds. The van der Waals surface area contributed by atoms with Gasteiger partial charge in [0.05, 0.1) is 0 Å². The normalized spacial score (nSPS) is 11.4. The van der Waals surface area contributed by atoms with Crippen LogP contribution < -0.4 is 5.73 Å². The Balaban J connectivity index is 3.00. The van der Waals surface area contributed by atoms with Gasteiger partial charge in [-0.3, -0.25) is 5.41 Å². The first-order valence-electron chi connectivity index (χ1n) is 4.78. The first kappa shape index (κ1) is 14.6. The molecule has 0 saturated heterocycles. The summed E-state index contributed by atoms with van der Waals surface area (Å²) in [5, 5.41) is 7.14.